The Bertz CT molecular complexity index is 1490. The van der Waals surface area contributed by atoms with Gasteiger partial charge in [-0.15, -0.1) is 0 Å². The van der Waals surface area contributed by atoms with Gasteiger partial charge in [0, 0.05) is 23.9 Å². The minimum atomic E-state index is -0.635. The van der Waals surface area contributed by atoms with Crippen LogP contribution in [-0.4, -0.2) is 20.3 Å². The molecule has 1 fully saturated rings. The van der Waals surface area contributed by atoms with Crippen LogP contribution >= 0.6 is 0 Å². The first-order valence-electron chi connectivity index (χ1n) is 14.1. The molecule has 4 nitrogen and oxygen atoms in total. The molecule has 0 unspecified atom stereocenters. The van der Waals surface area contributed by atoms with Crippen molar-refractivity contribution in [2.24, 2.45) is 5.92 Å². The molecule has 6 rings (SSSR count). The highest BCUT2D eigenvalue weighted by molar-refractivity contribution is 5.96. The number of rotatable bonds is 8. The van der Waals surface area contributed by atoms with Crippen LogP contribution in [0.2, 0.25) is 0 Å². The fourth-order valence-corrected chi connectivity index (χ4v) is 6.08. The predicted octanol–water partition coefficient (Wildman–Crippen LogP) is 7.95. The van der Waals surface area contributed by atoms with Crippen LogP contribution in [0.5, 0.6) is 0 Å². The Labute approximate surface area is 236 Å². The number of aromatic nitrogens is 3. The third kappa shape index (κ3) is 4.93. The molecule has 2 aromatic heterocycles. The van der Waals surface area contributed by atoms with Crippen molar-refractivity contribution < 1.29 is 4.79 Å². The monoisotopic (exact) mass is 523 g/mol. The second-order valence-electron chi connectivity index (χ2n) is 10.5. The summed E-state index contributed by atoms with van der Waals surface area (Å²) in [5.41, 5.74) is 5.25. The first kappa shape index (κ1) is 25.7. The molecular formula is C36H33N3O. The Hall–Kier alpha value is -4.57. The Kier molecular flexibility index (Phi) is 7.49. The van der Waals surface area contributed by atoms with Gasteiger partial charge in [-0.05, 0) is 53.8 Å². The molecule has 40 heavy (non-hydrogen) atoms. The lowest BCUT2D eigenvalue weighted by Crippen LogP contribution is -2.36. The molecule has 0 amide bonds. The van der Waals surface area contributed by atoms with Crippen molar-refractivity contribution in [2.75, 3.05) is 0 Å². The predicted molar refractivity (Wildman–Crippen MR) is 161 cm³/mol. The largest absolute Gasteiger partial charge is 0.318 e. The Morgan fingerprint density at radius 3 is 1.88 bits per heavy atom. The summed E-state index contributed by atoms with van der Waals surface area (Å²) in [6.07, 6.45) is 14.9. The summed E-state index contributed by atoms with van der Waals surface area (Å²) >= 11 is 0. The van der Waals surface area contributed by atoms with E-state index in [4.69, 9.17) is 4.98 Å². The highest BCUT2D eigenvalue weighted by atomic mass is 16.1. The van der Waals surface area contributed by atoms with Crippen molar-refractivity contribution in [2.45, 2.75) is 37.6 Å². The van der Waals surface area contributed by atoms with Gasteiger partial charge in [-0.1, -0.05) is 110 Å². The van der Waals surface area contributed by atoms with E-state index in [1.807, 2.05) is 42.7 Å². The molecule has 4 heteroatoms. The number of benzene rings is 3. The first-order valence-corrected chi connectivity index (χ1v) is 14.1. The van der Waals surface area contributed by atoms with Crippen molar-refractivity contribution in [1.82, 2.24) is 14.5 Å². The van der Waals surface area contributed by atoms with Crippen molar-refractivity contribution >= 4 is 11.9 Å². The van der Waals surface area contributed by atoms with E-state index in [2.05, 4.69) is 88.5 Å². The minimum absolute atomic E-state index is 0.139. The van der Waals surface area contributed by atoms with Gasteiger partial charge in [0.25, 0.3) is 0 Å². The van der Waals surface area contributed by atoms with Gasteiger partial charge < -0.3 is 4.57 Å². The topological polar surface area (TPSA) is 47.8 Å². The molecule has 5 aromatic rings. The van der Waals surface area contributed by atoms with Gasteiger partial charge in [-0.3, -0.25) is 9.78 Å². The molecule has 198 valence electrons. The number of pyridine rings is 1. The highest BCUT2D eigenvalue weighted by Gasteiger charge is 2.38. The zero-order valence-electron chi connectivity index (χ0n) is 22.6. The lowest BCUT2D eigenvalue weighted by Gasteiger charge is -2.37. The van der Waals surface area contributed by atoms with Gasteiger partial charge in [0.05, 0.1) is 17.7 Å². The molecule has 0 spiro atoms. The summed E-state index contributed by atoms with van der Waals surface area (Å²) in [7, 11) is 0. The average Bonchev–Trinajstić information content (AvgIpc) is 3.53. The van der Waals surface area contributed by atoms with E-state index in [1.165, 1.54) is 6.42 Å². The molecule has 2 heterocycles. The average molecular weight is 524 g/mol. The van der Waals surface area contributed by atoms with Crippen LogP contribution in [0.1, 0.15) is 54.5 Å². The quantitative estimate of drug-likeness (QED) is 0.153. The van der Waals surface area contributed by atoms with E-state index in [9.17, 15) is 4.79 Å². The van der Waals surface area contributed by atoms with Gasteiger partial charge in [0.2, 0.25) is 0 Å². The van der Waals surface area contributed by atoms with Crippen LogP contribution in [0.15, 0.2) is 128 Å². The van der Waals surface area contributed by atoms with E-state index in [0.717, 1.165) is 59.3 Å². The fourth-order valence-electron chi connectivity index (χ4n) is 6.08. The lowest BCUT2D eigenvalue weighted by atomic mass is 9.77. The van der Waals surface area contributed by atoms with Crippen LogP contribution < -0.4 is 0 Å². The normalized spacial score (nSPS) is 14.4. The molecule has 0 N–H and O–H groups in total. The number of hydrogen-bond acceptors (Lipinski definition) is 3. The smallest absolute Gasteiger partial charge is 0.158 e. The summed E-state index contributed by atoms with van der Waals surface area (Å²) < 4.78 is 2.20. The molecule has 0 atom stereocenters. The first-order chi connectivity index (χ1) is 19.8. The summed E-state index contributed by atoms with van der Waals surface area (Å²) in [5.74, 6) is 0.345. The Morgan fingerprint density at radius 2 is 1.30 bits per heavy atom. The number of carbonyl (C=O) groups excluding carboxylic acids is 1. The van der Waals surface area contributed by atoms with E-state index in [0.29, 0.717) is 0 Å². The number of hydrogen-bond donors (Lipinski definition) is 0. The minimum Gasteiger partial charge on any atom is -0.318 e. The van der Waals surface area contributed by atoms with Crippen molar-refractivity contribution in [3.8, 4) is 11.3 Å². The van der Waals surface area contributed by atoms with E-state index < -0.39 is 5.54 Å². The fraction of sp³-hybridized carbons (Fsp3) is 0.194. The van der Waals surface area contributed by atoms with E-state index in [1.54, 1.807) is 12.3 Å². The van der Waals surface area contributed by atoms with Crippen LogP contribution in [-0.2, 0) is 10.3 Å². The maximum absolute atomic E-state index is 12.9. The third-order valence-corrected chi connectivity index (χ3v) is 8.07. The number of carbonyl (C=O) groups is 1. The van der Waals surface area contributed by atoms with Gasteiger partial charge in [0.15, 0.2) is 5.78 Å². The van der Waals surface area contributed by atoms with E-state index in [-0.39, 0.29) is 11.7 Å². The zero-order valence-corrected chi connectivity index (χ0v) is 22.6. The van der Waals surface area contributed by atoms with E-state index >= 15 is 0 Å². The zero-order chi connectivity index (χ0) is 27.2. The summed E-state index contributed by atoms with van der Waals surface area (Å²) in [4.78, 5) is 22.4. The summed E-state index contributed by atoms with van der Waals surface area (Å²) in [5, 5.41) is 0. The molecule has 0 bridgehead atoms. The van der Waals surface area contributed by atoms with Crippen LogP contribution in [0.3, 0.4) is 0 Å². The highest BCUT2D eigenvalue weighted by Crippen LogP contribution is 2.41. The SMILES string of the molecule is O=C(/C=C/c1ncccc1-c1cn(C(c2ccccc2)(c2ccccc2)c2ccccc2)cn1)C1CCCCC1. The maximum Gasteiger partial charge on any atom is 0.158 e. The van der Waals surface area contributed by atoms with Gasteiger partial charge >= 0.3 is 0 Å². The molecule has 1 saturated carbocycles. The third-order valence-electron chi connectivity index (χ3n) is 8.07. The molecule has 0 radical (unpaired) electrons. The number of allylic oxidation sites excluding steroid dienone is 1. The molecule has 0 saturated heterocycles. The molecule has 3 aromatic carbocycles. The standard InChI is InChI=1S/C36H33N3O/c40-35(28-14-5-1-6-15-28)24-23-33-32(22-13-25-37-33)34-26-39(27-38-34)36(29-16-7-2-8-17-29,30-18-9-3-10-19-30)31-20-11-4-12-21-31/h2-4,7-13,16-28H,1,5-6,14-15H2/b24-23+. The Balaban J connectivity index is 1.46. The van der Waals surface area contributed by atoms with Gasteiger partial charge in [-0.25, -0.2) is 4.98 Å². The molecular weight excluding hydrogens is 490 g/mol. The molecule has 1 aliphatic rings. The van der Waals surface area contributed by atoms with Crippen molar-refractivity contribution in [1.29, 1.82) is 0 Å². The maximum atomic E-state index is 12.9. The second kappa shape index (κ2) is 11.7. The van der Waals surface area contributed by atoms with Crippen molar-refractivity contribution in [3.63, 3.8) is 0 Å². The van der Waals surface area contributed by atoms with Crippen LogP contribution in [0.4, 0.5) is 0 Å². The number of imidazole rings is 1. The number of nitrogens with zero attached hydrogens (tertiary/aromatic N) is 3. The Morgan fingerprint density at radius 1 is 0.725 bits per heavy atom. The summed E-state index contributed by atoms with van der Waals surface area (Å²) in [6.45, 7) is 0. The van der Waals surface area contributed by atoms with Crippen LogP contribution in [0.25, 0.3) is 17.3 Å². The van der Waals surface area contributed by atoms with Gasteiger partial charge in [0.1, 0.15) is 5.54 Å². The number of ketones is 1. The lowest BCUT2D eigenvalue weighted by molar-refractivity contribution is -0.119. The molecule has 1 aliphatic carbocycles. The second-order valence-corrected chi connectivity index (χ2v) is 10.5. The van der Waals surface area contributed by atoms with Crippen LogP contribution in [0, 0.1) is 5.92 Å². The summed E-state index contributed by atoms with van der Waals surface area (Å²) in [6, 6.07) is 35.7. The van der Waals surface area contributed by atoms with Crippen molar-refractivity contribution in [3.05, 3.63) is 150 Å². The molecule has 0 aliphatic heterocycles. The van der Waals surface area contributed by atoms with Gasteiger partial charge in [-0.2, -0.15) is 0 Å².